The van der Waals surface area contributed by atoms with E-state index in [9.17, 15) is 10.2 Å². The first-order valence-electron chi connectivity index (χ1n) is 6.83. The summed E-state index contributed by atoms with van der Waals surface area (Å²) < 4.78 is 0. The maximum absolute atomic E-state index is 9.60. The van der Waals surface area contributed by atoms with Crippen LogP contribution in [0.1, 0.15) is 51.6 Å². The predicted octanol–water partition coefficient (Wildman–Crippen LogP) is 3.42. The normalized spacial score (nSPS) is 26.4. The molecule has 1 aromatic carbocycles. The van der Waals surface area contributed by atoms with Crippen molar-refractivity contribution in [1.82, 2.24) is 4.90 Å². The highest BCUT2D eigenvalue weighted by molar-refractivity contribution is 5.38. The summed E-state index contributed by atoms with van der Waals surface area (Å²) in [4.78, 5) is 2.51. The Morgan fingerprint density at radius 3 is 2.39 bits per heavy atom. The van der Waals surface area contributed by atoms with Crippen LogP contribution in [0.15, 0.2) is 18.2 Å². The van der Waals surface area contributed by atoms with Gasteiger partial charge in [0.25, 0.3) is 0 Å². The van der Waals surface area contributed by atoms with Crippen LogP contribution >= 0.6 is 0 Å². The number of nitrogens with zero attached hydrogens (tertiary/aromatic N) is 1. The fourth-order valence-corrected chi connectivity index (χ4v) is 3.24. The highest BCUT2D eigenvalue weighted by Crippen LogP contribution is 2.36. The van der Waals surface area contributed by atoms with Crippen LogP contribution in [0.5, 0.6) is 11.5 Å². The Morgan fingerprint density at radius 1 is 1.22 bits per heavy atom. The first kappa shape index (κ1) is 13.2. The molecule has 0 spiro atoms. The summed E-state index contributed by atoms with van der Waals surface area (Å²) in [6, 6.07) is 6.28. The van der Waals surface area contributed by atoms with Crippen molar-refractivity contribution in [1.29, 1.82) is 0 Å². The molecule has 1 aliphatic rings. The number of phenolic OH excluding ortho intramolecular Hbond substituents is 2. The molecule has 1 heterocycles. The van der Waals surface area contributed by atoms with Crippen LogP contribution in [-0.4, -0.2) is 27.2 Å². The van der Waals surface area contributed by atoms with Crippen LogP contribution in [0.3, 0.4) is 0 Å². The number of likely N-dealkylation sites (tertiary alicyclic amines) is 1. The highest BCUT2D eigenvalue weighted by atomic mass is 16.3. The standard InChI is InChI=1S/C15H23NO2/c1-4-13-6-5-10(2)16(13)11(3)12-7-14(17)9-15(18)8-12/h7-11,13,17-18H,4-6H2,1-3H3. The van der Waals surface area contributed by atoms with Gasteiger partial charge in [-0.05, 0) is 50.8 Å². The number of phenols is 2. The molecule has 1 saturated heterocycles. The smallest absolute Gasteiger partial charge is 0.119 e. The van der Waals surface area contributed by atoms with Gasteiger partial charge in [0, 0.05) is 24.2 Å². The fraction of sp³-hybridized carbons (Fsp3) is 0.600. The van der Waals surface area contributed by atoms with Gasteiger partial charge in [-0.15, -0.1) is 0 Å². The molecule has 0 saturated carbocycles. The molecular weight excluding hydrogens is 226 g/mol. The summed E-state index contributed by atoms with van der Waals surface area (Å²) in [7, 11) is 0. The van der Waals surface area contributed by atoms with Gasteiger partial charge in [-0.2, -0.15) is 0 Å². The van der Waals surface area contributed by atoms with E-state index in [2.05, 4.69) is 25.7 Å². The summed E-state index contributed by atoms with van der Waals surface area (Å²) in [6.45, 7) is 6.63. The molecule has 18 heavy (non-hydrogen) atoms. The Bertz CT molecular complexity index is 399. The summed E-state index contributed by atoms with van der Waals surface area (Å²) >= 11 is 0. The number of hydrogen-bond donors (Lipinski definition) is 2. The van der Waals surface area contributed by atoms with Gasteiger partial charge in [-0.25, -0.2) is 0 Å². The Labute approximate surface area is 109 Å². The van der Waals surface area contributed by atoms with Gasteiger partial charge in [0.15, 0.2) is 0 Å². The molecule has 1 aliphatic heterocycles. The molecule has 0 bridgehead atoms. The zero-order valence-corrected chi connectivity index (χ0v) is 11.4. The second-order valence-electron chi connectivity index (χ2n) is 5.39. The zero-order chi connectivity index (χ0) is 13.3. The molecule has 3 atom stereocenters. The molecule has 100 valence electrons. The van der Waals surface area contributed by atoms with Gasteiger partial charge >= 0.3 is 0 Å². The molecule has 0 aliphatic carbocycles. The summed E-state index contributed by atoms with van der Waals surface area (Å²) in [5.74, 6) is 0.272. The molecule has 3 heteroatoms. The molecular formula is C15H23NO2. The van der Waals surface area contributed by atoms with E-state index in [1.165, 1.54) is 18.9 Å². The SMILES string of the molecule is CCC1CCC(C)N1C(C)c1cc(O)cc(O)c1. The van der Waals surface area contributed by atoms with Crippen molar-refractivity contribution in [3.63, 3.8) is 0 Å². The van der Waals surface area contributed by atoms with Crippen molar-refractivity contribution in [2.24, 2.45) is 0 Å². The monoisotopic (exact) mass is 249 g/mol. The van der Waals surface area contributed by atoms with Crippen molar-refractivity contribution in [2.75, 3.05) is 0 Å². The van der Waals surface area contributed by atoms with Gasteiger partial charge in [-0.1, -0.05) is 6.92 Å². The average Bonchev–Trinajstić information content (AvgIpc) is 2.68. The third-order valence-corrected chi connectivity index (χ3v) is 4.17. The van der Waals surface area contributed by atoms with Crippen molar-refractivity contribution in [3.8, 4) is 11.5 Å². The lowest BCUT2D eigenvalue weighted by atomic mass is 10.0. The van der Waals surface area contributed by atoms with Crippen molar-refractivity contribution in [2.45, 2.75) is 58.2 Å². The van der Waals surface area contributed by atoms with Gasteiger partial charge in [-0.3, -0.25) is 4.90 Å². The van der Waals surface area contributed by atoms with Crippen LogP contribution in [0, 0.1) is 0 Å². The van der Waals surface area contributed by atoms with E-state index in [-0.39, 0.29) is 17.5 Å². The lowest BCUT2D eigenvalue weighted by Crippen LogP contribution is -2.36. The lowest BCUT2D eigenvalue weighted by Gasteiger charge is -2.34. The van der Waals surface area contributed by atoms with Gasteiger partial charge in [0.1, 0.15) is 11.5 Å². The van der Waals surface area contributed by atoms with E-state index in [1.54, 1.807) is 12.1 Å². The number of aromatic hydroxyl groups is 2. The molecule has 2 rings (SSSR count). The molecule has 0 aromatic heterocycles. The van der Waals surface area contributed by atoms with Gasteiger partial charge in [0.2, 0.25) is 0 Å². The molecule has 3 nitrogen and oxygen atoms in total. The Kier molecular flexibility index (Phi) is 3.81. The minimum atomic E-state index is 0.136. The Hall–Kier alpha value is -1.22. The minimum absolute atomic E-state index is 0.136. The van der Waals surface area contributed by atoms with Gasteiger partial charge in [0.05, 0.1) is 0 Å². The van der Waals surface area contributed by atoms with Gasteiger partial charge < -0.3 is 10.2 Å². The Balaban J connectivity index is 2.26. The first-order chi connectivity index (χ1) is 8.52. The number of rotatable bonds is 3. The number of hydrogen-bond acceptors (Lipinski definition) is 3. The maximum atomic E-state index is 9.60. The van der Waals surface area contributed by atoms with Crippen LogP contribution in [0.4, 0.5) is 0 Å². The molecule has 2 N–H and O–H groups in total. The largest absolute Gasteiger partial charge is 0.508 e. The molecule has 0 radical (unpaired) electrons. The second-order valence-corrected chi connectivity index (χ2v) is 5.39. The topological polar surface area (TPSA) is 43.7 Å². The van der Waals surface area contributed by atoms with Crippen molar-refractivity contribution < 1.29 is 10.2 Å². The highest BCUT2D eigenvalue weighted by Gasteiger charge is 2.33. The summed E-state index contributed by atoms with van der Waals surface area (Å²) in [5, 5.41) is 19.2. The van der Waals surface area contributed by atoms with Crippen LogP contribution < -0.4 is 0 Å². The summed E-state index contributed by atoms with van der Waals surface area (Å²) in [5.41, 5.74) is 0.986. The second kappa shape index (κ2) is 5.19. The van der Waals surface area contributed by atoms with Crippen LogP contribution in [0.2, 0.25) is 0 Å². The predicted molar refractivity (Wildman–Crippen MR) is 72.8 cm³/mol. The first-order valence-corrected chi connectivity index (χ1v) is 6.83. The third kappa shape index (κ3) is 2.46. The van der Waals surface area contributed by atoms with E-state index < -0.39 is 0 Å². The van der Waals surface area contributed by atoms with Crippen LogP contribution in [0.25, 0.3) is 0 Å². The molecule has 1 fully saturated rings. The van der Waals surface area contributed by atoms with E-state index in [1.807, 2.05) is 0 Å². The van der Waals surface area contributed by atoms with Crippen LogP contribution in [-0.2, 0) is 0 Å². The molecule has 1 aromatic rings. The van der Waals surface area contributed by atoms with Crippen molar-refractivity contribution in [3.05, 3.63) is 23.8 Å². The quantitative estimate of drug-likeness (QED) is 0.862. The molecule has 3 unspecified atom stereocenters. The van der Waals surface area contributed by atoms with E-state index >= 15 is 0 Å². The summed E-state index contributed by atoms with van der Waals surface area (Å²) in [6.07, 6.45) is 3.62. The molecule has 0 amide bonds. The van der Waals surface area contributed by atoms with Crippen molar-refractivity contribution >= 4 is 0 Å². The van der Waals surface area contributed by atoms with E-state index in [0.29, 0.717) is 12.1 Å². The van der Waals surface area contributed by atoms with E-state index in [0.717, 1.165) is 12.0 Å². The minimum Gasteiger partial charge on any atom is -0.508 e. The maximum Gasteiger partial charge on any atom is 0.119 e. The lowest BCUT2D eigenvalue weighted by molar-refractivity contribution is 0.143. The zero-order valence-electron chi connectivity index (χ0n) is 11.4. The Morgan fingerprint density at radius 2 is 1.83 bits per heavy atom. The fourth-order valence-electron chi connectivity index (χ4n) is 3.24. The number of benzene rings is 1. The van der Waals surface area contributed by atoms with E-state index in [4.69, 9.17) is 0 Å². The average molecular weight is 249 g/mol. The third-order valence-electron chi connectivity index (χ3n) is 4.17.